The summed E-state index contributed by atoms with van der Waals surface area (Å²) in [5, 5.41) is 7.92. The Morgan fingerprint density at radius 2 is 1.62 bits per heavy atom. The van der Waals surface area contributed by atoms with Crippen LogP contribution in [0.4, 0.5) is 5.69 Å². The molecule has 1 N–H and O–H groups in total. The molecule has 0 aliphatic rings. The van der Waals surface area contributed by atoms with Crippen molar-refractivity contribution < 1.29 is 14.3 Å². The summed E-state index contributed by atoms with van der Waals surface area (Å²) in [6.07, 6.45) is 1.50. The zero-order valence-electron chi connectivity index (χ0n) is 16.7. The molecule has 0 atom stereocenters. The van der Waals surface area contributed by atoms with E-state index >= 15 is 0 Å². The molecular weight excluding hydrogens is 449 g/mol. The van der Waals surface area contributed by atoms with E-state index in [9.17, 15) is 9.59 Å². The van der Waals surface area contributed by atoms with Gasteiger partial charge in [-0.05, 0) is 48.5 Å². The molecule has 3 aromatic carbocycles. The highest BCUT2D eigenvalue weighted by Gasteiger charge is 2.19. The third kappa shape index (κ3) is 4.99. The summed E-state index contributed by atoms with van der Waals surface area (Å²) in [4.78, 5) is 25.9. The number of ether oxygens (including phenoxy) is 1. The number of nitrogens with zero attached hydrogens (tertiary/aromatic N) is 2. The summed E-state index contributed by atoms with van der Waals surface area (Å²) in [7, 11) is 0. The molecule has 1 aromatic heterocycles. The first-order chi connectivity index (χ1) is 15.5. The molecule has 0 aliphatic carbocycles. The van der Waals surface area contributed by atoms with Crippen LogP contribution < -0.4 is 10.1 Å². The van der Waals surface area contributed by atoms with Crippen LogP contribution in [0.3, 0.4) is 0 Å². The predicted octanol–water partition coefficient (Wildman–Crippen LogP) is 5.71. The van der Waals surface area contributed by atoms with Gasteiger partial charge in [-0.3, -0.25) is 9.59 Å². The van der Waals surface area contributed by atoms with E-state index in [0.717, 1.165) is 0 Å². The molecule has 0 saturated carbocycles. The summed E-state index contributed by atoms with van der Waals surface area (Å²) in [5.41, 5.74) is 1.40. The van der Waals surface area contributed by atoms with Crippen molar-refractivity contribution in [1.29, 1.82) is 0 Å². The first-order valence-corrected chi connectivity index (χ1v) is 10.4. The normalized spacial score (nSPS) is 10.6. The van der Waals surface area contributed by atoms with Crippen molar-refractivity contribution in [1.82, 2.24) is 9.78 Å². The molecule has 32 heavy (non-hydrogen) atoms. The topological polar surface area (TPSA) is 73.2 Å². The number of halogens is 2. The van der Waals surface area contributed by atoms with E-state index in [0.29, 0.717) is 32.6 Å². The van der Waals surface area contributed by atoms with Gasteiger partial charge in [0.25, 0.3) is 5.91 Å². The Bertz CT molecular complexity index is 1260. The predicted molar refractivity (Wildman–Crippen MR) is 124 cm³/mol. The van der Waals surface area contributed by atoms with Crippen molar-refractivity contribution >= 4 is 40.6 Å². The van der Waals surface area contributed by atoms with Crippen molar-refractivity contribution in [3.05, 3.63) is 112 Å². The van der Waals surface area contributed by atoms with Crippen molar-refractivity contribution in [3.8, 4) is 5.75 Å². The number of carbonyl (C=O) groups excluding carboxylic acids is 2. The van der Waals surface area contributed by atoms with Gasteiger partial charge >= 0.3 is 0 Å². The van der Waals surface area contributed by atoms with Crippen LogP contribution in [0.2, 0.25) is 10.0 Å². The first kappa shape index (κ1) is 21.6. The second-order valence-electron chi connectivity index (χ2n) is 6.78. The molecule has 1 heterocycles. The molecule has 4 rings (SSSR count). The first-order valence-electron chi connectivity index (χ1n) is 9.62. The lowest BCUT2D eigenvalue weighted by Gasteiger charge is -2.13. The Kier molecular flexibility index (Phi) is 6.54. The van der Waals surface area contributed by atoms with Crippen LogP contribution in [-0.4, -0.2) is 21.5 Å². The quantitative estimate of drug-likeness (QED) is 0.354. The molecule has 0 radical (unpaired) electrons. The van der Waals surface area contributed by atoms with Gasteiger partial charge in [0, 0.05) is 27.4 Å². The zero-order valence-corrected chi connectivity index (χ0v) is 18.2. The lowest BCUT2D eigenvalue weighted by atomic mass is 10.0. The van der Waals surface area contributed by atoms with Gasteiger partial charge in [-0.1, -0.05) is 53.5 Å². The minimum absolute atomic E-state index is 0.0216. The highest BCUT2D eigenvalue weighted by atomic mass is 35.5. The maximum atomic E-state index is 13.0. The van der Waals surface area contributed by atoms with Gasteiger partial charge in [-0.2, -0.15) is 5.10 Å². The van der Waals surface area contributed by atoms with Crippen LogP contribution >= 0.6 is 23.2 Å². The number of aromatic nitrogens is 2. The maximum Gasteiger partial charge on any atom is 0.274 e. The smallest absolute Gasteiger partial charge is 0.274 e. The SMILES string of the molecule is O=C(c1ccccc1)c1cc(Cl)ccc1NC(=O)c1ccnn1COc1ccc(Cl)cc1. The fourth-order valence-electron chi connectivity index (χ4n) is 3.04. The molecule has 0 unspecified atom stereocenters. The third-order valence-electron chi connectivity index (χ3n) is 4.63. The molecule has 1 amide bonds. The van der Waals surface area contributed by atoms with Gasteiger partial charge in [-0.25, -0.2) is 4.68 Å². The molecule has 0 aliphatic heterocycles. The fourth-order valence-corrected chi connectivity index (χ4v) is 3.34. The number of benzene rings is 3. The van der Waals surface area contributed by atoms with Crippen molar-refractivity contribution in [2.45, 2.75) is 6.73 Å². The van der Waals surface area contributed by atoms with E-state index in [1.165, 1.54) is 16.9 Å². The molecule has 0 fully saturated rings. The fraction of sp³-hybridized carbons (Fsp3) is 0.0417. The minimum atomic E-state index is -0.438. The molecule has 0 saturated heterocycles. The number of ketones is 1. The van der Waals surface area contributed by atoms with Gasteiger partial charge in [0.1, 0.15) is 11.4 Å². The molecule has 4 aromatic rings. The van der Waals surface area contributed by atoms with E-state index in [4.69, 9.17) is 27.9 Å². The van der Waals surface area contributed by atoms with Gasteiger partial charge < -0.3 is 10.1 Å². The van der Waals surface area contributed by atoms with Crippen LogP contribution in [0.15, 0.2) is 85.1 Å². The Hall–Kier alpha value is -3.61. The Balaban J connectivity index is 1.53. The monoisotopic (exact) mass is 465 g/mol. The van der Waals surface area contributed by atoms with Gasteiger partial charge in [-0.15, -0.1) is 0 Å². The van der Waals surface area contributed by atoms with E-state index in [-0.39, 0.29) is 18.2 Å². The molecule has 0 bridgehead atoms. The number of hydrogen-bond acceptors (Lipinski definition) is 4. The standard InChI is InChI=1S/C24H17Cl2N3O3/c25-17-6-9-19(10-7-17)32-15-29-22(12-13-27-29)24(31)28-21-11-8-18(26)14-20(21)23(30)16-4-2-1-3-5-16/h1-14H,15H2,(H,28,31). The maximum absolute atomic E-state index is 13.0. The zero-order chi connectivity index (χ0) is 22.5. The molecule has 8 heteroatoms. The van der Waals surface area contributed by atoms with E-state index in [1.807, 2.05) is 6.07 Å². The number of amides is 1. The highest BCUT2D eigenvalue weighted by molar-refractivity contribution is 6.31. The van der Waals surface area contributed by atoms with Crippen LogP contribution in [0.5, 0.6) is 5.75 Å². The van der Waals surface area contributed by atoms with Gasteiger partial charge in [0.2, 0.25) is 0 Å². The molecule has 160 valence electrons. The summed E-state index contributed by atoms with van der Waals surface area (Å²) in [5.74, 6) is -0.0978. The Morgan fingerprint density at radius 1 is 0.906 bits per heavy atom. The van der Waals surface area contributed by atoms with E-state index in [1.54, 1.807) is 66.7 Å². The van der Waals surface area contributed by atoms with Crippen molar-refractivity contribution in [3.63, 3.8) is 0 Å². The number of nitrogens with one attached hydrogen (secondary N) is 1. The third-order valence-corrected chi connectivity index (χ3v) is 5.11. The summed E-state index contributed by atoms with van der Waals surface area (Å²) >= 11 is 12.0. The lowest BCUT2D eigenvalue weighted by molar-refractivity contribution is 0.100. The largest absolute Gasteiger partial charge is 0.471 e. The summed E-state index contributed by atoms with van der Waals surface area (Å²) in [6.45, 7) is 0.0216. The minimum Gasteiger partial charge on any atom is -0.471 e. The number of rotatable bonds is 7. The number of anilines is 1. The average molecular weight is 466 g/mol. The number of carbonyl (C=O) groups is 2. The Labute approximate surface area is 194 Å². The average Bonchev–Trinajstić information content (AvgIpc) is 3.29. The van der Waals surface area contributed by atoms with Crippen molar-refractivity contribution in [2.24, 2.45) is 0 Å². The Morgan fingerprint density at radius 3 is 2.38 bits per heavy atom. The van der Waals surface area contributed by atoms with Gasteiger partial charge in [0.15, 0.2) is 12.5 Å². The number of hydrogen-bond donors (Lipinski definition) is 1. The second-order valence-corrected chi connectivity index (χ2v) is 7.66. The van der Waals surface area contributed by atoms with Crippen LogP contribution in [0, 0.1) is 0 Å². The highest BCUT2D eigenvalue weighted by Crippen LogP contribution is 2.24. The van der Waals surface area contributed by atoms with Crippen LogP contribution in [0.1, 0.15) is 26.4 Å². The molecule has 0 spiro atoms. The summed E-state index contributed by atoms with van der Waals surface area (Å²) < 4.78 is 7.09. The van der Waals surface area contributed by atoms with Crippen molar-refractivity contribution in [2.75, 3.05) is 5.32 Å². The van der Waals surface area contributed by atoms with E-state index in [2.05, 4.69) is 10.4 Å². The molecule has 6 nitrogen and oxygen atoms in total. The molecular formula is C24H17Cl2N3O3. The van der Waals surface area contributed by atoms with Crippen LogP contribution in [0.25, 0.3) is 0 Å². The van der Waals surface area contributed by atoms with Gasteiger partial charge in [0.05, 0.1) is 5.69 Å². The second kappa shape index (κ2) is 9.68. The van der Waals surface area contributed by atoms with E-state index < -0.39 is 5.91 Å². The summed E-state index contributed by atoms with van der Waals surface area (Å²) in [6, 6.07) is 22.0. The van der Waals surface area contributed by atoms with Crippen LogP contribution in [-0.2, 0) is 6.73 Å². The lowest BCUT2D eigenvalue weighted by Crippen LogP contribution is -2.21.